The molecule has 4 aromatic rings. The topological polar surface area (TPSA) is 61.8 Å². The van der Waals surface area contributed by atoms with Crippen LogP contribution in [0, 0.1) is 41.5 Å². The number of aryl methyl sites for hydroxylation is 6. The first-order chi connectivity index (χ1) is 19.6. The van der Waals surface area contributed by atoms with E-state index in [0.29, 0.717) is 58.5 Å². The van der Waals surface area contributed by atoms with Crippen molar-refractivity contribution in [2.75, 3.05) is 13.2 Å². The summed E-state index contributed by atoms with van der Waals surface area (Å²) in [6.45, 7) is 16.2. The zero-order valence-corrected chi connectivity index (χ0v) is 25.2. The summed E-state index contributed by atoms with van der Waals surface area (Å²) in [4.78, 5) is 27.7. The van der Waals surface area contributed by atoms with Gasteiger partial charge < -0.3 is 14.2 Å². The van der Waals surface area contributed by atoms with Crippen LogP contribution in [0.5, 0.6) is 23.0 Å². The average Bonchev–Trinajstić information content (AvgIpc) is 2.89. The standard InChI is InChI=1S/C36H38O5/c1-9-39-35-27(33(37)31-23(5)17-21(3)18-24(31)6)13-11-15-29(35)41-30-16-12-14-28(36(30)40-10-2)34(38)32-25(7)19-22(4)20-26(32)8/h11-20H,9-10H2,1-8H3. The van der Waals surface area contributed by atoms with Gasteiger partial charge in [-0.15, -0.1) is 0 Å². The molecule has 0 aliphatic rings. The maximum Gasteiger partial charge on any atom is 0.197 e. The van der Waals surface area contributed by atoms with Crippen LogP contribution in [0.15, 0.2) is 60.7 Å². The molecule has 212 valence electrons. The summed E-state index contributed by atoms with van der Waals surface area (Å²) in [5.41, 5.74) is 7.98. The molecule has 0 aromatic heterocycles. The predicted molar refractivity (Wildman–Crippen MR) is 163 cm³/mol. The first-order valence-electron chi connectivity index (χ1n) is 14.0. The van der Waals surface area contributed by atoms with Gasteiger partial charge in [0.25, 0.3) is 0 Å². The van der Waals surface area contributed by atoms with Crippen LogP contribution in [0.2, 0.25) is 0 Å². The number of carbonyl (C=O) groups excluding carboxylic acids is 2. The Labute approximate surface area is 243 Å². The second kappa shape index (κ2) is 12.4. The number of ether oxygens (including phenoxy) is 3. The summed E-state index contributed by atoms with van der Waals surface area (Å²) in [5, 5.41) is 0. The number of ketones is 2. The van der Waals surface area contributed by atoms with E-state index in [-0.39, 0.29) is 11.6 Å². The molecule has 0 aliphatic heterocycles. The highest BCUT2D eigenvalue weighted by Gasteiger charge is 2.25. The molecule has 5 heteroatoms. The number of rotatable bonds is 10. The van der Waals surface area contributed by atoms with E-state index < -0.39 is 0 Å². The number of para-hydroxylation sites is 2. The van der Waals surface area contributed by atoms with Gasteiger partial charge >= 0.3 is 0 Å². The van der Waals surface area contributed by atoms with Crippen LogP contribution in [0.1, 0.15) is 79.1 Å². The minimum Gasteiger partial charge on any atom is -0.489 e. The van der Waals surface area contributed by atoms with Crippen LogP contribution in [0.25, 0.3) is 0 Å². The summed E-state index contributed by atoms with van der Waals surface area (Å²) in [6, 6.07) is 18.6. The molecule has 0 heterocycles. The smallest absolute Gasteiger partial charge is 0.197 e. The molecule has 0 radical (unpaired) electrons. The Kier molecular flexibility index (Phi) is 8.97. The molecular formula is C36H38O5. The molecule has 0 fully saturated rings. The Hall–Kier alpha value is -4.38. The fourth-order valence-electron chi connectivity index (χ4n) is 5.60. The lowest BCUT2D eigenvalue weighted by molar-refractivity contribution is 0.102. The molecule has 5 nitrogen and oxygen atoms in total. The zero-order valence-electron chi connectivity index (χ0n) is 25.2. The Morgan fingerprint density at radius 3 is 1.22 bits per heavy atom. The summed E-state index contributed by atoms with van der Waals surface area (Å²) < 4.78 is 18.4. The molecule has 4 aromatic carbocycles. The van der Waals surface area contributed by atoms with Crippen molar-refractivity contribution >= 4 is 11.6 Å². The minimum absolute atomic E-state index is 0.131. The van der Waals surface area contributed by atoms with E-state index in [2.05, 4.69) is 0 Å². The third kappa shape index (κ3) is 6.04. The monoisotopic (exact) mass is 550 g/mol. The van der Waals surface area contributed by atoms with Crippen molar-refractivity contribution in [1.29, 1.82) is 0 Å². The number of carbonyl (C=O) groups is 2. The predicted octanol–water partition coefficient (Wildman–Crippen LogP) is 8.59. The van der Waals surface area contributed by atoms with Gasteiger partial charge in [0.05, 0.1) is 24.3 Å². The number of hydrogen-bond donors (Lipinski definition) is 0. The van der Waals surface area contributed by atoms with E-state index >= 15 is 0 Å². The molecule has 0 N–H and O–H groups in total. The largest absolute Gasteiger partial charge is 0.489 e. The van der Waals surface area contributed by atoms with Crippen molar-refractivity contribution in [3.05, 3.63) is 116 Å². The van der Waals surface area contributed by atoms with Crippen LogP contribution < -0.4 is 14.2 Å². The van der Waals surface area contributed by atoms with Crippen LogP contribution >= 0.6 is 0 Å². The molecule has 0 saturated heterocycles. The van der Waals surface area contributed by atoms with Crippen molar-refractivity contribution in [2.24, 2.45) is 0 Å². The third-order valence-electron chi connectivity index (χ3n) is 7.05. The third-order valence-corrected chi connectivity index (χ3v) is 7.05. The van der Waals surface area contributed by atoms with Crippen LogP contribution in [-0.4, -0.2) is 24.8 Å². The van der Waals surface area contributed by atoms with E-state index in [9.17, 15) is 9.59 Å². The maximum absolute atomic E-state index is 13.9. The van der Waals surface area contributed by atoms with E-state index in [1.807, 2.05) is 79.7 Å². The average molecular weight is 551 g/mol. The van der Waals surface area contributed by atoms with Gasteiger partial charge in [-0.05, 0) is 102 Å². The molecule has 0 atom stereocenters. The summed E-state index contributed by atoms with van der Waals surface area (Å²) in [5.74, 6) is 1.18. The Bertz CT molecular complexity index is 1460. The van der Waals surface area contributed by atoms with Gasteiger partial charge in [0.15, 0.2) is 34.6 Å². The van der Waals surface area contributed by atoms with Gasteiger partial charge in [-0.1, -0.05) is 47.5 Å². The van der Waals surface area contributed by atoms with Gasteiger partial charge in [-0.25, -0.2) is 0 Å². The van der Waals surface area contributed by atoms with Crippen molar-refractivity contribution in [1.82, 2.24) is 0 Å². The van der Waals surface area contributed by atoms with E-state index in [1.165, 1.54) is 0 Å². The molecule has 0 spiro atoms. The van der Waals surface area contributed by atoms with Crippen molar-refractivity contribution in [3.8, 4) is 23.0 Å². The lowest BCUT2D eigenvalue weighted by atomic mass is 9.92. The minimum atomic E-state index is -0.131. The van der Waals surface area contributed by atoms with E-state index in [0.717, 1.165) is 33.4 Å². The van der Waals surface area contributed by atoms with Gasteiger partial charge in [0.2, 0.25) is 0 Å². The molecule has 4 rings (SSSR count). The van der Waals surface area contributed by atoms with Gasteiger partial charge in [-0.2, -0.15) is 0 Å². The molecule has 0 bridgehead atoms. The molecule has 0 aliphatic carbocycles. The fraction of sp³-hybridized carbons (Fsp3) is 0.278. The molecule has 0 amide bonds. The van der Waals surface area contributed by atoms with Crippen LogP contribution in [0.4, 0.5) is 0 Å². The summed E-state index contributed by atoms with van der Waals surface area (Å²) >= 11 is 0. The lowest BCUT2D eigenvalue weighted by Crippen LogP contribution is -2.11. The molecule has 0 unspecified atom stereocenters. The Morgan fingerprint density at radius 2 is 0.902 bits per heavy atom. The van der Waals surface area contributed by atoms with Gasteiger partial charge in [0, 0.05) is 11.1 Å². The van der Waals surface area contributed by atoms with Crippen molar-refractivity contribution in [2.45, 2.75) is 55.4 Å². The highest BCUT2D eigenvalue weighted by molar-refractivity contribution is 6.13. The first-order valence-corrected chi connectivity index (χ1v) is 14.0. The second-order valence-electron chi connectivity index (χ2n) is 10.4. The molecular weight excluding hydrogens is 512 g/mol. The van der Waals surface area contributed by atoms with Crippen LogP contribution in [0.3, 0.4) is 0 Å². The van der Waals surface area contributed by atoms with Crippen molar-refractivity contribution in [3.63, 3.8) is 0 Å². The lowest BCUT2D eigenvalue weighted by Gasteiger charge is -2.19. The van der Waals surface area contributed by atoms with E-state index in [4.69, 9.17) is 14.2 Å². The van der Waals surface area contributed by atoms with Gasteiger partial charge in [0.1, 0.15) is 0 Å². The van der Waals surface area contributed by atoms with Crippen molar-refractivity contribution < 1.29 is 23.8 Å². The Balaban J connectivity index is 1.81. The summed E-state index contributed by atoms with van der Waals surface area (Å²) in [6.07, 6.45) is 0. The normalized spacial score (nSPS) is 10.8. The molecule has 0 saturated carbocycles. The number of hydrogen-bond acceptors (Lipinski definition) is 5. The quantitative estimate of drug-likeness (QED) is 0.185. The van der Waals surface area contributed by atoms with Gasteiger partial charge in [-0.3, -0.25) is 9.59 Å². The second-order valence-corrected chi connectivity index (χ2v) is 10.4. The number of benzene rings is 4. The molecule has 41 heavy (non-hydrogen) atoms. The van der Waals surface area contributed by atoms with Crippen LogP contribution in [-0.2, 0) is 0 Å². The maximum atomic E-state index is 13.9. The zero-order chi connectivity index (χ0) is 29.8. The first kappa shape index (κ1) is 29.6. The Morgan fingerprint density at radius 1 is 0.561 bits per heavy atom. The highest BCUT2D eigenvalue weighted by Crippen LogP contribution is 2.42. The SMILES string of the molecule is CCOc1c(Oc2cccc(C(=O)c3c(C)cc(C)cc3C)c2OCC)cccc1C(=O)c1c(C)cc(C)cc1C. The van der Waals surface area contributed by atoms with E-state index in [1.54, 1.807) is 36.4 Å². The highest BCUT2D eigenvalue weighted by atomic mass is 16.5. The summed E-state index contributed by atoms with van der Waals surface area (Å²) in [7, 11) is 0. The fourth-order valence-corrected chi connectivity index (χ4v) is 5.60.